The summed E-state index contributed by atoms with van der Waals surface area (Å²) >= 11 is 3.43. The maximum absolute atomic E-state index is 12.8. The van der Waals surface area contributed by atoms with Gasteiger partial charge in [-0.3, -0.25) is 0 Å². The minimum absolute atomic E-state index is 0. The molecular formula is C54H82BrN6NaO3. The maximum Gasteiger partial charge on any atom is 1.00 e. The van der Waals surface area contributed by atoms with Gasteiger partial charge in [-0.2, -0.15) is 0 Å². The molecule has 7 rings (SSSR count). The zero-order valence-corrected chi connectivity index (χ0v) is 44.8. The minimum Gasteiger partial charge on any atom is -1.00 e. The first kappa shape index (κ1) is 57.3. The number of benzene rings is 4. The molecule has 0 spiro atoms. The minimum atomic E-state index is -0.0463. The molecule has 0 bridgehead atoms. The van der Waals surface area contributed by atoms with Crippen molar-refractivity contribution in [1.82, 2.24) is 30.7 Å². The van der Waals surface area contributed by atoms with Crippen molar-refractivity contribution < 1.29 is 46.8 Å². The fraction of sp³-hybridized carbons (Fsp3) is 0.500. The first-order valence-corrected chi connectivity index (χ1v) is 23.6. The number of alkyl halides is 1. The van der Waals surface area contributed by atoms with Gasteiger partial charge in [0.25, 0.3) is 0 Å². The molecular weight excluding hydrogens is 884 g/mol. The van der Waals surface area contributed by atoms with Gasteiger partial charge in [0.1, 0.15) is 0 Å². The van der Waals surface area contributed by atoms with Gasteiger partial charge in [-0.15, -0.1) is 0 Å². The zero-order chi connectivity index (χ0) is 46.6. The molecule has 0 radical (unpaired) electrons. The van der Waals surface area contributed by atoms with Crippen LogP contribution in [0.5, 0.6) is 0 Å². The Kier molecular flexibility index (Phi) is 22.3. The smallest absolute Gasteiger partial charge is 1.00 e. The van der Waals surface area contributed by atoms with Crippen molar-refractivity contribution in [3.8, 4) is 0 Å². The fourth-order valence-electron chi connectivity index (χ4n) is 7.09. The molecule has 65 heavy (non-hydrogen) atoms. The van der Waals surface area contributed by atoms with Gasteiger partial charge >= 0.3 is 47.7 Å². The maximum atomic E-state index is 12.8. The number of carbonyl (C=O) groups is 3. The molecule has 0 atom stereocenters. The summed E-state index contributed by atoms with van der Waals surface area (Å²) in [6.45, 7) is 33.4. The van der Waals surface area contributed by atoms with Crippen LogP contribution in [0.2, 0.25) is 0 Å². The average molecular weight is 967 g/mol. The van der Waals surface area contributed by atoms with Crippen LogP contribution in [0.15, 0.2) is 97.1 Å². The normalized spacial score (nSPS) is 14.8. The third-order valence-corrected chi connectivity index (χ3v) is 12.0. The molecule has 3 aliphatic rings. The number of halogens is 1. The molecule has 354 valence electrons. The molecule has 4 aromatic rings. The van der Waals surface area contributed by atoms with Crippen LogP contribution in [0.3, 0.4) is 0 Å². The van der Waals surface area contributed by atoms with E-state index in [-0.39, 0.29) is 79.6 Å². The summed E-state index contributed by atoms with van der Waals surface area (Å²) in [5, 5.41) is 8.89. The second kappa shape index (κ2) is 25.3. The van der Waals surface area contributed by atoms with Gasteiger partial charge in [-0.1, -0.05) is 204 Å². The van der Waals surface area contributed by atoms with E-state index in [2.05, 4.69) is 212 Å². The van der Waals surface area contributed by atoms with Crippen LogP contribution < -0.4 is 45.5 Å². The van der Waals surface area contributed by atoms with Gasteiger partial charge in [-0.05, 0) is 66.2 Å². The summed E-state index contributed by atoms with van der Waals surface area (Å²) in [4.78, 5) is 40.0. The molecule has 0 unspecified atom stereocenters. The molecule has 3 heterocycles. The molecule has 0 saturated carbocycles. The molecule has 6 amide bonds. The van der Waals surface area contributed by atoms with E-state index in [0.29, 0.717) is 19.6 Å². The van der Waals surface area contributed by atoms with Crippen LogP contribution in [0.1, 0.15) is 138 Å². The Hall–Kier alpha value is -3.83. The van der Waals surface area contributed by atoms with Crippen molar-refractivity contribution >= 4 is 34.0 Å². The third kappa shape index (κ3) is 18.8. The Morgan fingerprint density at radius 1 is 0.462 bits per heavy atom. The molecule has 3 N–H and O–H groups in total. The summed E-state index contributed by atoms with van der Waals surface area (Å²) in [7, 11) is 0. The largest absolute Gasteiger partial charge is 1.00 e. The number of nitrogens with one attached hydrogen (secondary N) is 3. The molecule has 4 aromatic carbocycles. The van der Waals surface area contributed by atoms with E-state index in [0.717, 1.165) is 44.6 Å². The molecule has 0 aliphatic carbocycles. The number of amides is 6. The van der Waals surface area contributed by atoms with Crippen LogP contribution in [-0.4, -0.2) is 72.1 Å². The molecule has 11 heteroatoms. The summed E-state index contributed by atoms with van der Waals surface area (Å²) in [5.74, 6) is 0. The van der Waals surface area contributed by atoms with Gasteiger partial charge in [0, 0.05) is 65.7 Å². The first-order chi connectivity index (χ1) is 29.4. The van der Waals surface area contributed by atoms with Gasteiger partial charge in [0.15, 0.2) is 0 Å². The number of rotatable bonds is 7. The van der Waals surface area contributed by atoms with Crippen LogP contribution >= 0.6 is 15.9 Å². The van der Waals surface area contributed by atoms with E-state index in [1.54, 1.807) is 0 Å². The monoisotopic (exact) mass is 966 g/mol. The van der Waals surface area contributed by atoms with E-state index in [1.807, 2.05) is 14.7 Å². The van der Waals surface area contributed by atoms with E-state index in [1.165, 1.54) is 44.5 Å². The Morgan fingerprint density at radius 3 is 0.985 bits per heavy atom. The van der Waals surface area contributed by atoms with Crippen molar-refractivity contribution in [3.05, 3.63) is 142 Å². The van der Waals surface area contributed by atoms with Crippen LogP contribution in [0.25, 0.3) is 0 Å². The van der Waals surface area contributed by atoms with Crippen molar-refractivity contribution in [2.45, 2.75) is 137 Å². The molecule has 3 fully saturated rings. The fourth-order valence-corrected chi connectivity index (χ4v) is 7.46. The number of hydrogen-bond acceptors (Lipinski definition) is 3. The van der Waals surface area contributed by atoms with Gasteiger partial charge in [0.2, 0.25) is 0 Å². The van der Waals surface area contributed by atoms with Crippen molar-refractivity contribution in [3.63, 3.8) is 0 Å². The van der Waals surface area contributed by atoms with Crippen LogP contribution in [-0.2, 0) is 46.6 Å². The van der Waals surface area contributed by atoms with Crippen LogP contribution in [0.4, 0.5) is 14.4 Å². The van der Waals surface area contributed by atoms with Crippen LogP contribution in [0, 0.1) is 0 Å². The molecule has 0 aromatic heterocycles. The van der Waals surface area contributed by atoms with E-state index in [4.69, 9.17) is 0 Å². The van der Waals surface area contributed by atoms with Gasteiger partial charge in [-0.25, -0.2) is 14.4 Å². The Labute approximate surface area is 426 Å². The molecule has 3 saturated heterocycles. The summed E-state index contributed by atoms with van der Waals surface area (Å²) < 4.78 is 0. The molecule has 9 nitrogen and oxygen atoms in total. The van der Waals surface area contributed by atoms with E-state index >= 15 is 0 Å². The zero-order valence-electron chi connectivity index (χ0n) is 42.3. The second-order valence-electron chi connectivity index (χ2n) is 20.9. The van der Waals surface area contributed by atoms with Crippen molar-refractivity contribution in [2.75, 3.05) is 39.3 Å². The third-order valence-electron chi connectivity index (χ3n) is 11.4. The van der Waals surface area contributed by atoms with E-state index < -0.39 is 0 Å². The number of nitrogens with zero attached hydrogens (tertiary/aromatic N) is 3. The average Bonchev–Trinajstić information content (AvgIpc) is 3.96. The number of carbonyl (C=O) groups excluding carboxylic acids is 3. The topological polar surface area (TPSA) is 97.0 Å². The summed E-state index contributed by atoms with van der Waals surface area (Å²) in [6, 6.07) is 34.8. The predicted octanol–water partition coefficient (Wildman–Crippen LogP) is 9.41. The standard InChI is InChI=1S/C25H34N2O.C14H20N2O.C11H15Br.C3H6N2O.CH4.Na.H2.H/c1-24(2,3)21-11-7-19(8-12-21)17-26-15-16-27(23(26)28)18-20-9-13-22(14-10-20)25(4,5)6;1-14(2,3)12-6-4-11(5-7-12)10-16-9-8-15-13(16)17;1-11(2,3)10-6-4-9(8-12)5-7-10;6-3-4-1-2-5-3;;;;/h7-14H,15-18H2,1-6H3;4-7H,8-10H2,1-3H3,(H,15,17);4-7H,8H2,1-3H3;1-2H2,(H2,4,5,6);1H4;;1H;/q;;;;;+1;;-1/i;;;;;;1+1;. The van der Waals surface area contributed by atoms with Gasteiger partial charge < -0.3 is 32.1 Å². The Morgan fingerprint density at radius 2 is 0.754 bits per heavy atom. The van der Waals surface area contributed by atoms with Crippen molar-refractivity contribution in [1.29, 1.82) is 0 Å². The Bertz CT molecular complexity index is 2000. The van der Waals surface area contributed by atoms with Crippen molar-refractivity contribution in [2.24, 2.45) is 0 Å². The number of urea groups is 3. The SMILES string of the molecule is C.CC(C)(C)c1ccc(CBr)cc1.CC(C)(C)c1ccc(CN2CCN(Cc3ccc(C(C)(C)C)cc3)C2=O)cc1.CC(C)(C)c1ccc(CN2CCNC2=O)cc1.O=C1NCCN1.[2HH].[H-].[Na+]. The van der Waals surface area contributed by atoms with Gasteiger partial charge in [0.05, 0.1) is 0 Å². The quantitative estimate of drug-likeness (QED) is 0.127. The summed E-state index contributed by atoms with van der Waals surface area (Å²) in [5.41, 5.74) is 11.0. The predicted molar refractivity (Wildman–Crippen MR) is 275 cm³/mol. The second-order valence-corrected chi connectivity index (χ2v) is 21.4. The molecule has 3 aliphatic heterocycles. The first-order valence-electron chi connectivity index (χ1n) is 22.5. The summed E-state index contributed by atoms with van der Waals surface area (Å²) in [6.07, 6.45) is 0. The number of hydrogen-bond donors (Lipinski definition) is 3. The Balaban J connectivity index is 0.000000954. The van der Waals surface area contributed by atoms with E-state index in [9.17, 15) is 14.4 Å².